The van der Waals surface area contributed by atoms with Gasteiger partial charge >= 0.3 is 0 Å². The normalized spacial score (nSPS) is 12.0. The van der Waals surface area contributed by atoms with Crippen LogP contribution in [-0.4, -0.2) is 37.6 Å². The maximum Gasteiger partial charge on any atom is 0.234 e. The average molecular weight is 416 g/mol. The maximum absolute atomic E-state index is 13.3. The van der Waals surface area contributed by atoms with Gasteiger partial charge in [0.1, 0.15) is 24.0 Å². The number of likely N-dealkylation sites (N-methyl/N-ethyl adjacent to an activating group) is 1. The third kappa shape index (κ3) is 6.37. The summed E-state index contributed by atoms with van der Waals surface area (Å²) in [5.74, 6) is -0.186. The second-order valence-corrected chi connectivity index (χ2v) is 7.59. The number of benzene rings is 2. The van der Waals surface area contributed by atoms with Crippen LogP contribution in [0.3, 0.4) is 0 Å². The summed E-state index contributed by atoms with van der Waals surface area (Å²) < 4.78 is 31.7. The molecule has 0 unspecified atom stereocenters. The van der Waals surface area contributed by atoms with E-state index >= 15 is 0 Å². The number of amides is 1. The van der Waals surface area contributed by atoms with E-state index in [1.165, 1.54) is 35.6 Å². The Morgan fingerprint density at radius 1 is 1.07 bits per heavy atom. The fourth-order valence-corrected chi connectivity index (χ4v) is 3.61. The first-order chi connectivity index (χ1) is 14.0. The number of hydrogen-bond acceptors (Lipinski definition) is 4. The topological polar surface area (TPSA) is 41.6 Å². The molecular weight excluding hydrogens is 394 g/mol. The van der Waals surface area contributed by atoms with Gasteiger partial charge in [0.2, 0.25) is 5.91 Å². The molecule has 4 nitrogen and oxygen atoms in total. The molecule has 0 aliphatic heterocycles. The lowest BCUT2D eigenvalue weighted by Crippen LogP contribution is -2.38. The van der Waals surface area contributed by atoms with Crippen LogP contribution in [0, 0.1) is 11.6 Å². The van der Waals surface area contributed by atoms with Crippen LogP contribution in [0.5, 0.6) is 5.75 Å². The third-order valence-electron chi connectivity index (χ3n) is 4.31. The number of halogens is 2. The van der Waals surface area contributed by atoms with Crippen molar-refractivity contribution in [3.8, 4) is 5.75 Å². The molecule has 0 spiro atoms. The van der Waals surface area contributed by atoms with Gasteiger partial charge in [-0.2, -0.15) is 0 Å². The average Bonchev–Trinajstić information content (AvgIpc) is 3.23. The molecular formula is C22H22F2N2O2S. The van der Waals surface area contributed by atoms with Crippen molar-refractivity contribution in [1.82, 2.24) is 10.2 Å². The summed E-state index contributed by atoms with van der Waals surface area (Å²) in [5.41, 5.74) is 0.824. The van der Waals surface area contributed by atoms with Crippen molar-refractivity contribution >= 4 is 17.2 Å². The second kappa shape index (κ2) is 10.1. The summed E-state index contributed by atoms with van der Waals surface area (Å²) >= 11 is 1.53. The predicted molar refractivity (Wildman–Crippen MR) is 110 cm³/mol. The number of carbonyl (C=O) groups is 1. The molecule has 2 aromatic carbocycles. The third-order valence-corrected chi connectivity index (χ3v) is 5.24. The van der Waals surface area contributed by atoms with Crippen molar-refractivity contribution in [3.63, 3.8) is 0 Å². The molecule has 3 aromatic rings. The molecule has 29 heavy (non-hydrogen) atoms. The van der Waals surface area contributed by atoms with Crippen LogP contribution in [0.4, 0.5) is 8.78 Å². The van der Waals surface area contributed by atoms with E-state index in [1.807, 2.05) is 29.5 Å². The van der Waals surface area contributed by atoms with Crippen molar-refractivity contribution in [1.29, 1.82) is 0 Å². The van der Waals surface area contributed by atoms with Crippen LogP contribution in [0.2, 0.25) is 0 Å². The van der Waals surface area contributed by atoms with Gasteiger partial charge < -0.3 is 10.1 Å². The summed E-state index contributed by atoms with van der Waals surface area (Å²) in [6.45, 7) is 1.10. The number of carbonyl (C=O) groups excluding carboxylic acids is 1. The first-order valence-electron chi connectivity index (χ1n) is 9.16. The Hall–Kier alpha value is -2.77. The fourth-order valence-electron chi connectivity index (χ4n) is 2.81. The summed E-state index contributed by atoms with van der Waals surface area (Å²) in [4.78, 5) is 15.4. The first kappa shape index (κ1) is 21.0. The van der Waals surface area contributed by atoms with Gasteiger partial charge in [0.25, 0.3) is 0 Å². The highest BCUT2D eigenvalue weighted by molar-refractivity contribution is 7.10. The number of nitrogens with one attached hydrogen (secondary N) is 1. The lowest BCUT2D eigenvalue weighted by atomic mass is 10.1. The minimum Gasteiger partial charge on any atom is -0.492 e. The molecule has 1 N–H and O–H groups in total. The molecule has 7 heteroatoms. The summed E-state index contributed by atoms with van der Waals surface area (Å²) in [6, 6.07) is 15.5. The molecule has 0 radical (unpaired) electrons. The second-order valence-electron chi connectivity index (χ2n) is 6.61. The Bertz CT molecular complexity index is 900. The van der Waals surface area contributed by atoms with E-state index in [0.717, 1.165) is 10.4 Å². The molecule has 152 valence electrons. The van der Waals surface area contributed by atoms with E-state index in [-0.39, 0.29) is 30.1 Å². The van der Waals surface area contributed by atoms with Gasteiger partial charge in [-0.15, -0.1) is 11.3 Å². The summed E-state index contributed by atoms with van der Waals surface area (Å²) in [7, 11) is 1.83. The van der Waals surface area contributed by atoms with Crippen LogP contribution in [0.25, 0.3) is 0 Å². The standard InChI is InChI=1S/C22H22F2N2O2S/c1-26(12-13-28-19-10-8-18(24)9-11-19)15-21(27)25-22(20-3-2-14-29-20)16-4-6-17(23)7-5-16/h2-11,14,22H,12-13,15H2,1H3,(H,25,27)/t22-/m1/s1. The molecule has 0 aliphatic rings. The quantitative estimate of drug-likeness (QED) is 0.567. The lowest BCUT2D eigenvalue weighted by Gasteiger charge is -2.21. The Morgan fingerprint density at radius 3 is 2.34 bits per heavy atom. The van der Waals surface area contributed by atoms with Gasteiger partial charge in [0.15, 0.2) is 0 Å². The Labute approximate surface area is 172 Å². The van der Waals surface area contributed by atoms with E-state index in [2.05, 4.69) is 5.32 Å². The van der Waals surface area contributed by atoms with Gasteiger partial charge in [0.05, 0.1) is 12.6 Å². The number of rotatable bonds is 9. The monoisotopic (exact) mass is 416 g/mol. The van der Waals surface area contributed by atoms with Crippen LogP contribution in [0.1, 0.15) is 16.5 Å². The van der Waals surface area contributed by atoms with Crippen LogP contribution in [0.15, 0.2) is 66.0 Å². The van der Waals surface area contributed by atoms with Crippen LogP contribution < -0.4 is 10.1 Å². The molecule has 1 amide bonds. The molecule has 1 atom stereocenters. The predicted octanol–water partition coefficient (Wildman–Crippen LogP) is 4.24. The minimum atomic E-state index is -0.327. The number of nitrogens with zero attached hydrogens (tertiary/aromatic N) is 1. The summed E-state index contributed by atoms with van der Waals surface area (Å²) in [6.07, 6.45) is 0. The molecule has 0 saturated heterocycles. The lowest BCUT2D eigenvalue weighted by molar-refractivity contribution is -0.122. The Morgan fingerprint density at radius 2 is 1.72 bits per heavy atom. The van der Waals surface area contributed by atoms with E-state index in [0.29, 0.717) is 18.9 Å². The maximum atomic E-state index is 13.3. The molecule has 1 heterocycles. The largest absolute Gasteiger partial charge is 0.492 e. The minimum absolute atomic E-state index is 0.142. The van der Waals surface area contributed by atoms with Gasteiger partial charge in [-0.3, -0.25) is 9.69 Å². The molecule has 0 bridgehead atoms. The van der Waals surface area contributed by atoms with Gasteiger partial charge in [-0.25, -0.2) is 8.78 Å². The van der Waals surface area contributed by atoms with Crippen molar-refractivity contribution < 1.29 is 18.3 Å². The zero-order chi connectivity index (χ0) is 20.6. The summed E-state index contributed by atoms with van der Waals surface area (Å²) in [5, 5.41) is 4.97. The molecule has 0 aliphatic carbocycles. The Kier molecular flexibility index (Phi) is 7.32. The molecule has 0 fully saturated rings. The first-order valence-corrected chi connectivity index (χ1v) is 10.0. The fraction of sp³-hybridized carbons (Fsp3) is 0.227. The number of thiophene rings is 1. The highest BCUT2D eigenvalue weighted by Gasteiger charge is 2.18. The van der Waals surface area contributed by atoms with Gasteiger partial charge in [0, 0.05) is 11.4 Å². The Balaban J connectivity index is 1.52. The van der Waals surface area contributed by atoms with Crippen molar-refractivity contribution in [3.05, 3.63) is 88.1 Å². The smallest absolute Gasteiger partial charge is 0.234 e. The van der Waals surface area contributed by atoms with Crippen LogP contribution in [-0.2, 0) is 4.79 Å². The van der Waals surface area contributed by atoms with E-state index in [4.69, 9.17) is 4.74 Å². The van der Waals surface area contributed by atoms with Crippen molar-refractivity contribution in [2.24, 2.45) is 0 Å². The van der Waals surface area contributed by atoms with Crippen molar-refractivity contribution in [2.75, 3.05) is 26.7 Å². The molecule has 3 rings (SSSR count). The highest BCUT2D eigenvalue weighted by atomic mass is 32.1. The van der Waals surface area contributed by atoms with Gasteiger partial charge in [-0.1, -0.05) is 18.2 Å². The zero-order valence-electron chi connectivity index (χ0n) is 16.0. The van der Waals surface area contributed by atoms with E-state index in [9.17, 15) is 13.6 Å². The SMILES string of the molecule is CN(CCOc1ccc(F)cc1)CC(=O)N[C@H](c1ccc(F)cc1)c1cccs1. The van der Waals surface area contributed by atoms with E-state index < -0.39 is 0 Å². The molecule has 0 saturated carbocycles. The number of hydrogen-bond donors (Lipinski definition) is 1. The van der Waals surface area contributed by atoms with Gasteiger partial charge in [-0.05, 0) is 60.5 Å². The van der Waals surface area contributed by atoms with E-state index in [1.54, 1.807) is 24.3 Å². The van der Waals surface area contributed by atoms with Crippen LogP contribution >= 0.6 is 11.3 Å². The zero-order valence-corrected chi connectivity index (χ0v) is 16.8. The number of ether oxygens (including phenoxy) is 1. The highest BCUT2D eigenvalue weighted by Crippen LogP contribution is 2.26. The molecule has 1 aromatic heterocycles. The van der Waals surface area contributed by atoms with Crippen molar-refractivity contribution in [2.45, 2.75) is 6.04 Å².